The van der Waals surface area contributed by atoms with Crippen LogP contribution in [0.4, 0.5) is 0 Å². The maximum atomic E-state index is 8.36. The summed E-state index contributed by atoms with van der Waals surface area (Å²) in [6.07, 6.45) is 0. The van der Waals surface area contributed by atoms with E-state index in [1.165, 1.54) is 0 Å². The Hall–Kier alpha value is 0.430. The zero-order chi connectivity index (χ0) is 2.71. The number of hydrogen-bond donors (Lipinski definition) is 1. The fourth-order valence-electron chi connectivity index (χ4n) is 0. The molecule has 3 nitrogen and oxygen atoms in total. The molecule has 0 aliphatic rings. The predicted octanol–water partition coefficient (Wildman–Crippen LogP) is -2.58. The molecule has 0 atom stereocenters. The Labute approximate surface area is 52.2 Å². The molecule has 0 rings (SSSR count). The van der Waals surface area contributed by atoms with Crippen molar-refractivity contribution >= 4 is 6.47 Å². The second-order valence-corrected chi connectivity index (χ2v) is 0.105. The minimum atomic E-state index is -0.250. The summed E-state index contributed by atoms with van der Waals surface area (Å²) in [4.78, 5) is 8.36. The number of carbonyl (C=O) groups is 1. The van der Waals surface area contributed by atoms with Crippen LogP contribution in [0.1, 0.15) is 0 Å². The Kier molecular flexibility index (Phi) is 92.0. The molecule has 0 bridgehead atoms. The molecule has 0 aromatic rings. The van der Waals surface area contributed by atoms with Gasteiger partial charge in [-0.25, -0.2) is 0 Å². The first-order valence-electron chi connectivity index (χ1n) is 0.494. The van der Waals surface area contributed by atoms with Crippen LogP contribution in [0.25, 0.3) is 6.15 Å². The van der Waals surface area contributed by atoms with E-state index in [1.54, 1.807) is 0 Å². The van der Waals surface area contributed by atoms with Gasteiger partial charge in [-0.15, -0.1) is 0 Å². The summed E-state index contributed by atoms with van der Waals surface area (Å²) in [5, 5.41) is 6.89. The summed E-state index contributed by atoms with van der Waals surface area (Å²) in [7, 11) is 0. The van der Waals surface area contributed by atoms with E-state index in [4.69, 9.17) is 9.90 Å². The van der Waals surface area contributed by atoms with Gasteiger partial charge < -0.3 is 11.3 Å². The Morgan fingerprint density at radius 2 is 1.60 bits per heavy atom. The third-order valence-electron chi connectivity index (χ3n) is 0. The molecule has 0 aromatic carbocycles. The minimum Gasteiger partial charge on any atom is -0.693 e. The van der Waals surface area contributed by atoms with E-state index in [-0.39, 0.29) is 42.2 Å². The maximum Gasteiger partial charge on any atom is 1.00 e. The Bertz CT molecular complexity index is 17.1. The van der Waals surface area contributed by atoms with Crippen LogP contribution in [0.5, 0.6) is 0 Å². The minimum absolute atomic E-state index is 0. The van der Waals surface area contributed by atoms with Crippen molar-refractivity contribution in [2.24, 2.45) is 0 Å². The third-order valence-corrected chi connectivity index (χ3v) is 0. The molecule has 0 fully saturated rings. The molecule has 5 heavy (non-hydrogen) atoms. The van der Waals surface area contributed by atoms with Crippen LogP contribution >= 0.6 is 0 Å². The Morgan fingerprint density at radius 1 is 1.60 bits per heavy atom. The zero-order valence-electron chi connectivity index (χ0n) is 3.01. The van der Waals surface area contributed by atoms with Gasteiger partial charge >= 0.3 is 29.6 Å². The summed E-state index contributed by atoms with van der Waals surface area (Å²) >= 11 is 0. The normalized spacial score (nSPS) is 2.40. The van der Waals surface area contributed by atoms with E-state index >= 15 is 0 Å². The van der Waals surface area contributed by atoms with E-state index in [2.05, 4.69) is 0 Å². The van der Waals surface area contributed by atoms with Gasteiger partial charge in [-0.05, 0) is 0 Å². The SMILES string of the molecule is O=CO.[NH2-].[Na+]. The summed E-state index contributed by atoms with van der Waals surface area (Å²) < 4.78 is 0. The maximum absolute atomic E-state index is 8.36. The summed E-state index contributed by atoms with van der Waals surface area (Å²) in [5.41, 5.74) is 0. The molecule has 26 valence electrons. The van der Waals surface area contributed by atoms with Gasteiger partial charge in [-0.3, -0.25) is 4.79 Å². The van der Waals surface area contributed by atoms with Crippen LogP contribution in [-0.4, -0.2) is 11.6 Å². The molecule has 0 aliphatic heterocycles. The van der Waals surface area contributed by atoms with E-state index in [9.17, 15) is 0 Å². The van der Waals surface area contributed by atoms with Gasteiger partial charge in [0.05, 0.1) is 0 Å². The summed E-state index contributed by atoms with van der Waals surface area (Å²) in [6, 6.07) is 0. The first kappa shape index (κ1) is 18.0. The van der Waals surface area contributed by atoms with Crippen LogP contribution in [0, 0.1) is 0 Å². The average Bonchev–Trinajstić information content (AvgIpc) is 0.918. The van der Waals surface area contributed by atoms with Crippen molar-refractivity contribution in [3.05, 3.63) is 6.15 Å². The van der Waals surface area contributed by atoms with E-state index in [0.29, 0.717) is 0 Å². The van der Waals surface area contributed by atoms with Crippen LogP contribution in [-0.2, 0) is 4.79 Å². The van der Waals surface area contributed by atoms with Gasteiger partial charge in [0.1, 0.15) is 0 Å². The topological polar surface area (TPSA) is 70.8 Å². The standard InChI is InChI=1S/CH2O2.H2N.Na/c2-1-3;;/h1H,(H,2,3);1H2;/q;-1;+1. The number of rotatable bonds is 0. The predicted molar refractivity (Wildman–Crippen MR) is 14.0 cm³/mol. The van der Waals surface area contributed by atoms with Crippen molar-refractivity contribution < 1.29 is 39.5 Å². The number of carboxylic acid groups (broad SMARTS) is 1. The van der Waals surface area contributed by atoms with Gasteiger partial charge in [0.15, 0.2) is 0 Å². The van der Waals surface area contributed by atoms with E-state index in [1.807, 2.05) is 0 Å². The van der Waals surface area contributed by atoms with Crippen LogP contribution in [0.2, 0.25) is 0 Å². The molecular weight excluding hydrogens is 81.0 g/mol. The molecule has 4 heteroatoms. The van der Waals surface area contributed by atoms with Gasteiger partial charge in [0.25, 0.3) is 6.47 Å². The molecule has 0 heterocycles. The van der Waals surface area contributed by atoms with E-state index < -0.39 is 0 Å². The van der Waals surface area contributed by atoms with Crippen LogP contribution in [0.3, 0.4) is 0 Å². The first-order chi connectivity index (χ1) is 1.41. The van der Waals surface area contributed by atoms with Crippen molar-refractivity contribution in [1.82, 2.24) is 0 Å². The molecule has 0 saturated heterocycles. The molecule has 0 saturated carbocycles. The van der Waals surface area contributed by atoms with Gasteiger partial charge in [-0.1, -0.05) is 0 Å². The molecule has 0 unspecified atom stereocenters. The first-order valence-corrected chi connectivity index (χ1v) is 0.494. The van der Waals surface area contributed by atoms with Crippen molar-refractivity contribution in [2.45, 2.75) is 0 Å². The van der Waals surface area contributed by atoms with Gasteiger partial charge in [0, 0.05) is 0 Å². The number of nitrogens with two attached hydrogens (primary N) is 1. The van der Waals surface area contributed by atoms with Crippen molar-refractivity contribution in [3.63, 3.8) is 0 Å². The molecule has 0 aromatic heterocycles. The molecule has 0 aliphatic carbocycles. The Balaban J connectivity index is -0.0000000200. The molecule has 0 amide bonds. The quantitative estimate of drug-likeness (QED) is 0.259. The average molecular weight is 85.0 g/mol. The molecule has 0 spiro atoms. The fraction of sp³-hybridized carbons (Fsp3) is 0. The molecule has 0 radical (unpaired) electrons. The zero-order valence-corrected chi connectivity index (χ0v) is 5.01. The molecular formula is CH4NNaO2. The van der Waals surface area contributed by atoms with Crippen LogP contribution < -0.4 is 29.6 Å². The summed E-state index contributed by atoms with van der Waals surface area (Å²) in [6.45, 7) is -0.250. The second kappa shape index (κ2) is 25.5. The van der Waals surface area contributed by atoms with Gasteiger partial charge in [0.2, 0.25) is 0 Å². The van der Waals surface area contributed by atoms with Gasteiger partial charge in [-0.2, -0.15) is 0 Å². The van der Waals surface area contributed by atoms with Crippen molar-refractivity contribution in [3.8, 4) is 0 Å². The smallest absolute Gasteiger partial charge is 0.693 e. The summed E-state index contributed by atoms with van der Waals surface area (Å²) in [5.74, 6) is 0. The molecule has 3 N–H and O–H groups in total. The monoisotopic (exact) mass is 85.0 g/mol. The largest absolute Gasteiger partial charge is 1.00 e. The second-order valence-electron chi connectivity index (χ2n) is 0.105. The Morgan fingerprint density at radius 3 is 1.60 bits per heavy atom. The van der Waals surface area contributed by atoms with Crippen molar-refractivity contribution in [2.75, 3.05) is 0 Å². The van der Waals surface area contributed by atoms with Crippen molar-refractivity contribution in [1.29, 1.82) is 0 Å². The number of hydrogen-bond acceptors (Lipinski definition) is 1. The van der Waals surface area contributed by atoms with E-state index in [0.717, 1.165) is 0 Å². The fourth-order valence-corrected chi connectivity index (χ4v) is 0. The van der Waals surface area contributed by atoms with Crippen LogP contribution in [0.15, 0.2) is 0 Å². The third kappa shape index (κ3) is 141.